The highest BCUT2D eigenvalue weighted by molar-refractivity contribution is 5.76. The molecule has 29 heavy (non-hydrogen) atoms. The number of para-hydroxylation sites is 3. The normalized spacial score (nSPS) is 11.2. The molecule has 0 aliphatic rings. The van der Waals surface area contributed by atoms with Gasteiger partial charge in [-0.2, -0.15) is 0 Å². The molecule has 0 saturated carbocycles. The summed E-state index contributed by atoms with van der Waals surface area (Å²) in [4.78, 5) is 16.3. The van der Waals surface area contributed by atoms with Crippen LogP contribution < -0.4 is 10.1 Å². The van der Waals surface area contributed by atoms with Crippen LogP contribution in [0.1, 0.15) is 50.9 Å². The van der Waals surface area contributed by atoms with E-state index in [-0.39, 0.29) is 5.91 Å². The number of nitrogens with zero attached hydrogens (tertiary/aromatic N) is 2. The van der Waals surface area contributed by atoms with Gasteiger partial charge in [-0.25, -0.2) is 4.98 Å². The van der Waals surface area contributed by atoms with Crippen LogP contribution in [-0.2, 0) is 17.8 Å². The van der Waals surface area contributed by atoms with Gasteiger partial charge in [0.15, 0.2) is 0 Å². The molecule has 3 aromatic rings. The molecule has 0 saturated heterocycles. The van der Waals surface area contributed by atoms with E-state index in [9.17, 15) is 4.79 Å². The van der Waals surface area contributed by atoms with E-state index >= 15 is 0 Å². The monoisotopic (exact) mass is 393 g/mol. The maximum atomic E-state index is 11.5. The van der Waals surface area contributed by atoms with Gasteiger partial charge in [0.1, 0.15) is 11.6 Å². The number of aryl methyl sites for hydroxylation is 1. The van der Waals surface area contributed by atoms with E-state index in [2.05, 4.69) is 41.9 Å². The molecule has 5 nitrogen and oxygen atoms in total. The van der Waals surface area contributed by atoms with Crippen LogP contribution in [0.15, 0.2) is 48.5 Å². The molecule has 1 N–H and O–H groups in total. The van der Waals surface area contributed by atoms with Crippen molar-refractivity contribution in [3.05, 3.63) is 59.9 Å². The second kappa shape index (κ2) is 10.1. The van der Waals surface area contributed by atoms with Crippen LogP contribution in [0.25, 0.3) is 11.0 Å². The second-order valence-electron chi connectivity index (χ2n) is 7.52. The molecule has 1 aromatic heterocycles. The standard InChI is InChI=1S/C24H31N3O2/c1-4-24(28)25-15-14-23-26-20-11-6-7-12-21(20)27(23)16-9-17-29-22-13-8-5-10-19(22)18(2)3/h5-8,10-13,18H,4,9,14-17H2,1-3H3,(H,25,28). The summed E-state index contributed by atoms with van der Waals surface area (Å²) >= 11 is 0. The zero-order valence-electron chi connectivity index (χ0n) is 17.6. The third kappa shape index (κ3) is 5.37. The van der Waals surface area contributed by atoms with Crippen LogP contribution in [0, 0.1) is 0 Å². The Hall–Kier alpha value is -2.82. The Morgan fingerprint density at radius 1 is 1.14 bits per heavy atom. The van der Waals surface area contributed by atoms with Gasteiger partial charge in [-0.05, 0) is 36.1 Å². The van der Waals surface area contributed by atoms with Crippen molar-refractivity contribution >= 4 is 16.9 Å². The van der Waals surface area contributed by atoms with Crippen LogP contribution in [-0.4, -0.2) is 28.6 Å². The van der Waals surface area contributed by atoms with E-state index < -0.39 is 0 Å². The topological polar surface area (TPSA) is 56.2 Å². The van der Waals surface area contributed by atoms with Crippen molar-refractivity contribution in [1.82, 2.24) is 14.9 Å². The molecule has 0 aliphatic heterocycles. The zero-order valence-corrected chi connectivity index (χ0v) is 17.6. The minimum Gasteiger partial charge on any atom is -0.493 e. The Bertz CT molecular complexity index is 946. The molecule has 0 bridgehead atoms. The molecule has 154 valence electrons. The minimum atomic E-state index is 0.0740. The van der Waals surface area contributed by atoms with Crippen molar-refractivity contribution in [2.24, 2.45) is 0 Å². The summed E-state index contributed by atoms with van der Waals surface area (Å²) in [6.45, 7) is 8.33. The van der Waals surface area contributed by atoms with Crippen LogP contribution in [0.4, 0.5) is 0 Å². The third-order valence-electron chi connectivity index (χ3n) is 5.05. The average Bonchev–Trinajstić information content (AvgIpc) is 3.08. The number of hydrogen-bond donors (Lipinski definition) is 1. The van der Waals surface area contributed by atoms with Crippen molar-refractivity contribution in [3.8, 4) is 5.75 Å². The van der Waals surface area contributed by atoms with Gasteiger partial charge in [0.25, 0.3) is 0 Å². The Kier molecular flexibility index (Phi) is 7.28. The summed E-state index contributed by atoms with van der Waals surface area (Å²) in [5.41, 5.74) is 3.37. The first-order valence-corrected chi connectivity index (χ1v) is 10.5. The van der Waals surface area contributed by atoms with Gasteiger partial charge in [-0.15, -0.1) is 0 Å². The maximum Gasteiger partial charge on any atom is 0.219 e. The highest BCUT2D eigenvalue weighted by Crippen LogP contribution is 2.26. The average molecular weight is 394 g/mol. The van der Waals surface area contributed by atoms with Crippen LogP contribution >= 0.6 is 0 Å². The molecule has 0 atom stereocenters. The number of aromatic nitrogens is 2. The van der Waals surface area contributed by atoms with E-state index in [1.807, 2.05) is 37.3 Å². The van der Waals surface area contributed by atoms with Crippen molar-refractivity contribution in [2.75, 3.05) is 13.2 Å². The van der Waals surface area contributed by atoms with Crippen LogP contribution in [0.2, 0.25) is 0 Å². The van der Waals surface area contributed by atoms with Gasteiger partial charge in [0, 0.05) is 25.9 Å². The first kappa shape index (κ1) is 20.9. The number of carbonyl (C=O) groups excluding carboxylic acids is 1. The summed E-state index contributed by atoms with van der Waals surface area (Å²) in [5.74, 6) is 2.49. The lowest BCUT2D eigenvalue weighted by molar-refractivity contribution is -0.120. The number of ether oxygens (including phenoxy) is 1. The molecule has 3 rings (SSSR count). The van der Waals surface area contributed by atoms with Gasteiger partial charge >= 0.3 is 0 Å². The summed E-state index contributed by atoms with van der Waals surface area (Å²) in [5, 5.41) is 2.94. The number of fused-ring (bicyclic) bond motifs is 1. The van der Waals surface area contributed by atoms with Crippen LogP contribution in [0.3, 0.4) is 0 Å². The van der Waals surface area contributed by atoms with Crippen molar-refractivity contribution in [3.63, 3.8) is 0 Å². The van der Waals surface area contributed by atoms with Gasteiger partial charge < -0.3 is 14.6 Å². The Labute approximate surface area is 173 Å². The summed E-state index contributed by atoms with van der Waals surface area (Å²) in [6, 6.07) is 16.4. The smallest absolute Gasteiger partial charge is 0.219 e. The highest BCUT2D eigenvalue weighted by Gasteiger charge is 2.11. The molecule has 5 heteroatoms. The second-order valence-corrected chi connectivity index (χ2v) is 7.52. The first-order valence-electron chi connectivity index (χ1n) is 10.5. The molecule has 0 fully saturated rings. The molecule has 1 heterocycles. The van der Waals surface area contributed by atoms with E-state index in [1.165, 1.54) is 5.56 Å². The fourth-order valence-corrected chi connectivity index (χ4v) is 3.50. The fraction of sp³-hybridized carbons (Fsp3) is 0.417. The first-order chi connectivity index (χ1) is 14.1. The minimum absolute atomic E-state index is 0.0740. The fourth-order valence-electron chi connectivity index (χ4n) is 3.50. The molecule has 0 unspecified atom stereocenters. The van der Waals surface area contributed by atoms with E-state index in [1.54, 1.807) is 0 Å². The lowest BCUT2D eigenvalue weighted by Crippen LogP contribution is -2.25. The Balaban J connectivity index is 1.64. The van der Waals surface area contributed by atoms with Gasteiger partial charge in [-0.1, -0.05) is 51.1 Å². The van der Waals surface area contributed by atoms with Gasteiger partial charge in [-0.3, -0.25) is 4.79 Å². The van der Waals surface area contributed by atoms with E-state index in [0.29, 0.717) is 25.5 Å². The predicted molar refractivity (Wildman–Crippen MR) is 117 cm³/mol. The molecule has 0 spiro atoms. The lowest BCUT2D eigenvalue weighted by Gasteiger charge is -2.14. The molecule has 0 radical (unpaired) electrons. The quantitative estimate of drug-likeness (QED) is 0.508. The lowest BCUT2D eigenvalue weighted by atomic mass is 10.0. The van der Waals surface area contributed by atoms with Crippen LogP contribution in [0.5, 0.6) is 5.75 Å². The number of imidazole rings is 1. The van der Waals surface area contributed by atoms with Crippen molar-refractivity contribution in [2.45, 2.75) is 52.5 Å². The highest BCUT2D eigenvalue weighted by atomic mass is 16.5. The number of amides is 1. The SMILES string of the molecule is CCC(=O)NCCc1nc2ccccc2n1CCCOc1ccccc1C(C)C. The number of rotatable bonds is 10. The molecule has 2 aromatic carbocycles. The Morgan fingerprint density at radius 2 is 1.90 bits per heavy atom. The summed E-state index contributed by atoms with van der Waals surface area (Å²) < 4.78 is 8.34. The molecular weight excluding hydrogens is 362 g/mol. The zero-order chi connectivity index (χ0) is 20.6. The molecule has 0 aliphatic carbocycles. The van der Waals surface area contributed by atoms with Crippen molar-refractivity contribution in [1.29, 1.82) is 0 Å². The summed E-state index contributed by atoms with van der Waals surface area (Å²) in [6.07, 6.45) is 2.12. The van der Waals surface area contributed by atoms with Gasteiger partial charge in [0.2, 0.25) is 5.91 Å². The van der Waals surface area contributed by atoms with E-state index in [0.717, 1.165) is 42.0 Å². The largest absolute Gasteiger partial charge is 0.493 e. The number of benzene rings is 2. The number of nitrogens with one attached hydrogen (secondary N) is 1. The third-order valence-corrected chi connectivity index (χ3v) is 5.05. The molecular formula is C24H31N3O2. The maximum absolute atomic E-state index is 11.5. The Morgan fingerprint density at radius 3 is 2.69 bits per heavy atom. The number of carbonyl (C=O) groups is 1. The molecule has 1 amide bonds. The summed E-state index contributed by atoms with van der Waals surface area (Å²) in [7, 11) is 0. The van der Waals surface area contributed by atoms with Gasteiger partial charge in [0.05, 0.1) is 17.6 Å². The predicted octanol–water partition coefficient (Wildman–Crippen LogP) is 4.70. The van der Waals surface area contributed by atoms with E-state index in [4.69, 9.17) is 9.72 Å². The number of hydrogen-bond acceptors (Lipinski definition) is 3. The van der Waals surface area contributed by atoms with Crippen molar-refractivity contribution < 1.29 is 9.53 Å².